The summed E-state index contributed by atoms with van der Waals surface area (Å²) >= 11 is 3.46. The van der Waals surface area contributed by atoms with Gasteiger partial charge < -0.3 is 18.9 Å². The molecule has 172 valence electrons. The van der Waals surface area contributed by atoms with Crippen molar-refractivity contribution in [3.05, 3.63) is 45.9 Å². The minimum Gasteiger partial charge on any atom is -0.490 e. The SMILES string of the molecule is CCOc1cc(/C=C2\C(=O)NC(=O)N(c3ccc4c(c3)OCO4)C2=O)c(Br)cc1OC(C)C. The molecule has 0 aliphatic carbocycles. The predicted octanol–water partition coefficient (Wildman–Crippen LogP) is 4.03. The molecule has 2 aliphatic rings. The normalized spacial score (nSPS) is 16.5. The fourth-order valence-corrected chi connectivity index (χ4v) is 3.78. The molecule has 0 saturated carbocycles. The standard InChI is InChI=1S/C23H21BrN2O7/c1-4-30-18-8-13(16(24)10-20(18)33-12(2)3)7-15-21(27)25-23(29)26(22(15)28)14-5-6-17-19(9-14)32-11-31-17/h5-10,12H,4,11H2,1-3H3,(H,25,27,29)/b15-7+. The molecule has 0 bridgehead atoms. The van der Waals surface area contributed by atoms with Gasteiger partial charge in [-0.1, -0.05) is 15.9 Å². The topological polar surface area (TPSA) is 103 Å². The van der Waals surface area contributed by atoms with Crippen LogP contribution >= 0.6 is 15.9 Å². The number of ether oxygens (including phenoxy) is 4. The number of carbonyl (C=O) groups excluding carboxylic acids is 3. The van der Waals surface area contributed by atoms with E-state index >= 15 is 0 Å². The Morgan fingerprint density at radius 2 is 1.88 bits per heavy atom. The molecule has 0 radical (unpaired) electrons. The van der Waals surface area contributed by atoms with E-state index < -0.39 is 17.8 Å². The van der Waals surface area contributed by atoms with Gasteiger partial charge in [0.2, 0.25) is 6.79 Å². The van der Waals surface area contributed by atoms with Crippen LogP contribution in [0.25, 0.3) is 6.08 Å². The van der Waals surface area contributed by atoms with Gasteiger partial charge in [0.15, 0.2) is 23.0 Å². The van der Waals surface area contributed by atoms with E-state index in [1.807, 2.05) is 20.8 Å². The Balaban J connectivity index is 1.72. The van der Waals surface area contributed by atoms with Crippen molar-refractivity contribution in [3.8, 4) is 23.0 Å². The summed E-state index contributed by atoms with van der Waals surface area (Å²) in [5.74, 6) is 0.336. The molecular formula is C23H21BrN2O7. The lowest BCUT2D eigenvalue weighted by Gasteiger charge is -2.26. The Morgan fingerprint density at radius 1 is 1.12 bits per heavy atom. The molecule has 0 spiro atoms. The number of nitrogens with zero attached hydrogens (tertiary/aromatic N) is 1. The first-order chi connectivity index (χ1) is 15.8. The highest BCUT2D eigenvalue weighted by Gasteiger charge is 2.37. The summed E-state index contributed by atoms with van der Waals surface area (Å²) in [6, 6.07) is 7.17. The number of urea groups is 1. The molecule has 2 aliphatic heterocycles. The van der Waals surface area contributed by atoms with Gasteiger partial charge >= 0.3 is 6.03 Å². The van der Waals surface area contributed by atoms with E-state index in [-0.39, 0.29) is 24.2 Å². The molecule has 10 heteroatoms. The van der Waals surface area contributed by atoms with Crippen LogP contribution in [0.15, 0.2) is 40.4 Å². The Bertz CT molecular complexity index is 1180. The Morgan fingerprint density at radius 3 is 2.61 bits per heavy atom. The summed E-state index contributed by atoms with van der Waals surface area (Å²) < 4.78 is 22.7. The summed E-state index contributed by atoms with van der Waals surface area (Å²) in [6.07, 6.45) is 1.32. The van der Waals surface area contributed by atoms with Crippen LogP contribution in [0.3, 0.4) is 0 Å². The first-order valence-electron chi connectivity index (χ1n) is 10.2. The third-order valence-electron chi connectivity index (χ3n) is 4.74. The summed E-state index contributed by atoms with van der Waals surface area (Å²) in [4.78, 5) is 39.1. The smallest absolute Gasteiger partial charge is 0.335 e. The van der Waals surface area contributed by atoms with Crippen molar-refractivity contribution in [3.63, 3.8) is 0 Å². The van der Waals surface area contributed by atoms with E-state index in [9.17, 15) is 14.4 Å². The van der Waals surface area contributed by atoms with Gasteiger partial charge in [-0.2, -0.15) is 0 Å². The highest BCUT2D eigenvalue weighted by molar-refractivity contribution is 9.10. The number of nitrogens with one attached hydrogen (secondary N) is 1. The van der Waals surface area contributed by atoms with Crippen LogP contribution in [-0.2, 0) is 9.59 Å². The van der Waals surface area contributed by atoms with Crippen molar-refractivity contribution in [1.82, 2.24) is 5.32 Å². The molecule has 4 amide bonds. The first kappa shape index (κ1) is 22.7. The molecule has 9 nitrogen and oxygen atoms in total. The second kappa shape index (κ2) is 9.14. The Labute approximate surface area is 198 Å². The summed E-state index contributed by atoms with van der Waals surface area (Å²) in [7, 11) is 0. The Kier molecular flexibility index (Phi) is 6.28. The highest BCUT2D eigenvalue weighted by atomic mass is 79.9. The van der Waals surface area contributed by atoms with Crippen molar-refractivity contribution in [2.24, 2.45) is 0 Å². The van der Waals surface area contributed by atoms with Crippen LogP contribution in [0.2, 0.25) is 0 Å². The first-order valence-corrected chi connectivity index (χ1v) is 11.0. The quantitative estimate of drug-likeness (QED) is 0.456. The summed E-state index contributed by atoms with van der Waals surface area (Å²) in [5.41, 5.74) is 0.538. The molecule has 1 N–H and O–H groups in total. The molecule has 33 heavy (non-hydrogen) atoms. The van der Waals surface area contributed by atoms with Crippen LogP contribution < -0.4 is 29.2 Å². The van der Waals surface area contributed by atoms with Gasteiger partial charge in [0.1, 0.15) is 5.57 Å². The molecule has 4 rings (SSSR count). The molecule has 2 aromatic rings. The van der Waals surface area contributed by atoms with E-state index in [4.69, 9.17) is 18.9 Å². The average Bonchev–Trinajstić information content (AvgIpc) is 3.21. The second-order valence-electron chi connectivity index (χ2n) is 7.42. The number of halogens is 1. The molecule has 0 aromatic heterocycles. The largest absolute Gasteiger partial charge is 0.490 e. The number of benzene rings is 2. The number of amides is 4. The number of rotatable bonds is 6. The minimum atomic E-state index is -0.851. The van der Waals surface area contributed by atoms with E-state index in [1.165, 1.54) is 12.1 Å². The van der Waals surface area contributed by atoms with Crippen LogP contribution in [0.5, 0.6) is 23.0 Å². The van der Waals surface area contributed by atoms with Crippen molar-refractivity contribution in [2.75, 3.05) is 18.3 Å². The zero-order valence-electron chi connectivity index (χ0n) is 18.1. The number of barbiturate groups is 1. The lowest BCUT2D eigenvalue weighted by Crippen LogP contribution is -2.54. The number of carbonyl (C=O) groups is 3. The Hall–Kier alpha value is -3.53. The molecule has 0 unspecified atom stereocenters. The maximum atomic E-state index is 13.2. The zero-order valence-corrected chi connectivity index (χ0v) is 19.7. The lowest BCUT2D eigenvalue weighted by atomic mass is 10.1. The van der Waals surface area contributed by atoms with Crippen LogP contribution in [-0.4, -0.2) is 37.3 Å². The van der Waals surface area contributed by atoms with Crippen molar-refractivity contribution < 1.29 is 33.3 Å². The van der Waals surface area contributed by atoms with Gasteiger partial charge in [0.25, 0.3) is 11.8 Å². The van der Waals surface area contributed by atoms with Crippen LogP contribution in [0.4, 0.5) is 10.5 Å². The molecule has 1 saturated heterocycles. The number of anilines is 1. The number of hydrogen-bond donors (Lipinski definition) is 1. The van der Waals surface area contributed by atoms with Gasteiger partial charge in [-0.05, 0) is 56.7 Å². The third kappa shape index (κ3) is 4.51. The minimum absolute atomic E-state index is 0.0509. The van der Waals surface area contributed by atoms with Gasteiger partial charge in [-0.15, -0.1) is 0 Å². The van der Waals surface area contributed by atoms with Gasteiger partial charge in [-0.25, -0.2) is 9.69 Å². The monoisotopic (exact) mass is 516 g/mol. The summed E-state index contributed by atoms with van der Waals surface area (Å²) in [5, 5.41) is 2.21. The van der Waals surface area contributed by atoms with E-state index in [2.05, 4.69) is 21.2 Å². The van der Waals surface area contributed by atoms with Crippen molar-refractivity contribution in [1.29, 1.82) is 0 Å². The van der Waals surface area contributed by atoms with Crippen LogP contribution in [0.1, 0.15) is 26.3 Å². The summed E-state index contributed by atoms with van der Waals surface area (Å²) in [6.45, 7) is 6.08. The van der Waals surface area contributed by atoms with E-state index in [0.717, 1.165) is 4.90 Å². The molecular weight excluding hydrogens is 496 g/mol. The fraction of sp³-hybridized carbons (Fsp3) is 0.261. The number of imide groups is 2. The lowest BCUT2D eigenvalue weighted by molar-refractivity contribution is -0.122. The molecule has 1 fully saturated rings. The molecule has 2 aromatic carbocycles. The van der Waals surface area contributed by atoms with E-state index in [0.29, 0.717) is 39.6 Å². The molecule has 0 atom stereocenters. The maximum Gasteiger partial charge on any atom is 0.335 e. The molecule has 2 heterocycles. The zero-order chi connectivity index (χ0) is 23.7. The van der Waals surface area contributed by atoms with Crippen molar-refractivity contribution >= 4 is 45.5 Å². The van der Waals surface area contributed by atoms with Crippen LogP contribution in [0, 0.1) is 0 Å². The van der Waals surface area contributed by atoms with Gasteiger partial charge in [0.05, 0.1) is 18.4 Å². The maximum absolute atomic E-state index is 13.2. The predicted molar refractivity (Wildman–Crippen MR) is 123 cm³/mol. The number of hydrogen-bond acceptors (Lipinski definition) is 7. The second-order valence-corrected chi connectivity index (χ2v) is 8.27. The number of fused-ring (bicyclic) bond motifs is 1. The van der Waals surface area contributed by atoms with Gasteiger partial charge in [-0.3, -0.25) is 14.9 Å². The van der Waals surface area contributed by atoms with E-state index in [1.54, 1.807) is 24.3 Å². The van der Waals surface area contributed by atoms with Crippen molar-refractivity contribution in [2.45, 2.75) is 26.9 Å². The highest BCUT2D eigenvalue weighted by Crippen LogP contribution is 2.38. The fourth-order valence-electron chi connectivity index (χ4n) is 3.35. The van der Waals surface area contributed by atoms with Gasteiger partial charge in [0, 0.05) is 10.5 Å². The average molecular weight is 517 g/mol. The third-order valence-corrected chi connectivity index (χ3v) is 5.43.